The van der Waals surface area contributed by atoms with Crippen molar-refractivity contribution in [2.24, 2.45) is 0 Å². The summed E-state index contributed by atoms with van der Waals surface area (Å²) in [6, 6.07) is 17.7. The second-order valence-electron chi connectivity index (χ2n) is 7.43. The van der Waals surface area contributed by atoms with Crippen LogP contribution in [0, 0.1) is 5.82 Å². The number of sulfone groups is 1. The summed E-state index contributed by atoms with van der Waals surface area (Å²) in [5.41, 5.74) is 0.214. The molecule has 0 radical (unpaired) electrons. The summed E-state index contributed by atoms with van der Waals surface area (Å²) in [6.07, 6.45) is 1.15. The molecule has 0 saturated carbocycles. The van der Waals surface area contributed by atoms with Crippen LogP contribution in [0.25, 0.3) is 10.9 Å². The SMILES string of the molecule is CCOc1ccc2c(c1)c(=O)c(S(=O)(=O)c1ccc(F)cc1)cn2CC(=O)Nc1ccccc1. The highest BCUT2D eigenvalue weighted by atomic mass is 32.2. The van der Waals surface area contributed by atoms with Crippen molar-refractivity contribution in [3.8, 4) is 5.75 Å². The molecule has 34 heavy (non-hydrogen) atoms. The van der Waals surface area contributed by atoms with Crippen LogP contribution >= 0.6 is 0 Å². The molecule has 4 rings (SSSR count). The number of benzene rings is 3. The fraction of sp³-hybridized carbons (Fsp3) is 0.120. The molecule has 0 atom stereocenters. The average Bonchev–Trinajstić information content (AvgIpc) is 2.82. The number of carbonyl (C=O) groups excluding carboxylic acids is 1. The van der Waals surface area contributed by atoms with Crippen molar-refractivity contribution in [3.63, 3.8) is 0 Å². The average molecular weight is 481 g/mol. The number of hydrogen-bond acceptors (Lipinski definition) is 5. The minimum absolute atomic E-state index is 0.0849. The maximum atomic E-state index is 13.3. The molecule has 0 aliphatic heterocycles. The largest absolute Gasteiger partial charge is 0.494 e. The number of aromatic nitrogens is 1. The van der Waals surface area contributed by atoms with Crippen LogP contribution in [0.15, 0.2) is 93.6 Å². The summed E-state index contributed by atoms with van der Waals surface area (Å²) < 4.78 is 46.8. The van der Waals surface area contributed by atoms with Crippen LogP contribution < -0.4 is 15.5 Å². The van der Waals surface area contributed by atoms with Crippen LogP contribution in [0.3, 0.4) is 0 Å². The Morgan fingerprint density at radius 3 is 2.41 bits per heavy atom. The molecule has 9 heteroatoms. The van der Waals surface area contributed by atoms with E-state index in [1.807, 2.05) is 6.07 Å². The van der Waals surface area contributed by atoms with E-state index in [9.17, 15) is 22.4 Å². The number of anilines is 1. The second kappa shape index (κ2) is 9.48. The van der Waals surface area contributed by atoms with Gasteiger partial charge in [0.2, 0.25) is 21.2 Å². The lowest BCUT2D eigenvalue weighted by molar-refractivity contribution is -0.116. The molecule has 1 aromatic heterocycles. The van der Waals surface area contributed by atoms with Gasteiger partial charge in [0.05, 0.1) is 22.4 Å². The van der Waals surface area contributed by atoms with Crippen LogP contribution in [0.1, 0.15) is 6.92 Å². The van der Waals surface area contributed by atoms with Crippen molar-refractivity contribution in [2.75, 3.05) is 11.9 Å². The number of amides is 1. The van der Waals surface area contributed by atoms with Crippen molar-refractivity contribution in [3.05, 3.63) is 95.0 Å². The third-order valence-corrected chi connectivity index (χ3v) is 6.88. The van der Waals surface area contributed by atoms with Crippen LogP contribution in [-0.4, -0.2) is 25.5 Å². The van der Waals surface area contributed by atoms with Gasteiger partial charge in [0.1, 0.15) is 23.0 Å². The number of nitrogens with zero attached hydrogens (tertiary/aromatic N) is 1. The van der Waals surface area contributed by atoms with E-state index in [1.165, 1.54) is 10.6 Å². The third-order valence-electron chi connectivity index (χ3n) is 5.11. The van der Waals surface area contributed by atoms with Crippen molar-refractivity contribution >= 4 is 32.3 Å². The Morgan fingerprint density at radius 1 is 1.03 bits per heavy atom. The number of halogens is 1. The van der Waals surface area contributed by atoms with Gasteiger partial charge in [0.25, 0.3) is 0 Å². The molecule has 0 fully saturated rings. The highest BCUT2D eigenvalue weighted by molar-refractivity contribution is 7.91. The molecule has 7 nitrogen and oxygen atoms in total. The van der Waals surface area contributed by atoms with E-state index in [0.717, 1.165) is 30.5 Å². The molecule has 0 aliphatic carbocycles. The zero-order valence-corrected chi connectivity index (χ0v) is 19.0. The number of pyridine rings is 1. The van der Waals surface area contributed by atoms with Crippen molar-refractivity contribution in [1.29, 1.82) is 0 Å². The van der Waals surface area contributed by atoms with Crippen molar-refractivity contribution in [1.82, 2.24) is 4.57 Å². The molecule has 0 bridgehead atoms. The van der Waals surface area contributed by atoms with Crippen LogP contribution in [-0.2, 0) is 21.2 Å². The van der Waals surface area contributed by atoms with E-state index in [0.29, 0.717) is 23.6 Å². The van der Waals surface area contributed by atoms with E-state index >= 15 is 0 Å². The first kappa shape index (κ1) is 23.2. The Morgan fingerprint density at radius 2 is 1.74 bits per heavy atom. The van der Waals surface area contributed by atoms with Crippen LogP contribution in [0.2, 0.25) is 0 Å². The van der Waals surface area contributed by atoms with E-state index in [1.54, 1.807) is 43.3 Å². The number of carbonyl (C=O) groups is 1. The molecule has 1 heterocycles. The highest BCUT2D eigenvalue weighted by Gasteiger charge is 2.24. The summed E-state index contributed by atoms with van der Waals surface area (Å²) in [5, 5.41) is 2.83. The fourth-order valence-corrected chi connectivity index (χ4v) is 4.91. The van der Waals surface area contributed by atoms with Crippen molar-refractivity contribution in [2.45, 2.75) is 23.3 Å². The Hall–Kier alpha value is -3.98. The molecular weight excluding hydrogens is 459 g/mol. The lowest BCUT2D eigenvalue weighted by Crippen LogP contribution is -2.24. The first-order valence-corrected chi connectivity index (χ1v) is 11.9. The van der Waals surface area contributed by atoms with Gasteiger partial charge >= 0.3 is 0 Å². The maximum absolute atomic E-state index is 13.3. The zero-order valence-electron chi connectivity index (χ0n) is 18.2. The molecule has 1 amide bonds. The van der Waals surface area contributed by atoms with E-state index in [4.69, 9.17) is 4.74 Å². The van der Waals surface area contributed by atoms with Gasteiger partial charge in [-0.05, 0) is 61.5 Å². The van der Waals surface area contributed by atoms with Gasteiger partial charge in [-0.2, -0.15) is 0 Å². The molecule has 1 N–H and O–H groups in total. The molecule has 4 aromatic rings. The first-order chi connectivity index (χ1) is 16.3. The lowest BCUT2D eigenvalue weighted by Gasteiger charge is -2.15. The molecule has 3 aromatic carbocycles. The molecule has 174 valence electrons. The van der Waals surface area contributed by atoms with Gasteiger partial charge in [0.15, 0.2) is 0 Å². The molecule has 0 aliphatic rings. The fourth-order valence-electron chi connectivity index (χ4n) is 3.55. The molecule has 0 spiro atoms. The van der Waals surface area contributed by atoms with Gasteiger partial charge in [-0.25, -0.2) is 12.8 Å². The monoisotopic (exact) mass is 480 g/mol. The zero-order chi connectivity index (χ0) is 24.3. The summed E-state index contributed by atoms with van der Waals surface area (Å²) in [6.45, 7) is 1.89. The number of rotatable bonds is 7. The quantitative estimate of drug-likeness (QED) is 0.404. The predicted octanol–water partition coefficient (Wildman–Crippen LogP) is 4.01. The minimum atomic E-state index is -4.29. The van der Waals surface area contributed by atoms with Gasteiger partial charge in [0, 0.05) is 11.9 Å². The van der Waals surface area contributed by atoms with Gasteiger partial charge in [-0.3, -0.25) is 9.59 Å². The van der Waals surface area contributed by atoms with Gasteiger partial charge < -0.3 is 14.6 Å². The minimum Gasteiger partial charge on any atom is -0.494 e. The topological polar surface area (TPSA) is 94.5 Å². The number of nitrogens with one attached hydrogen (secondary N) is 1. The van der Waals surface area contributed by atoms with E-state index in [-0.39, 0.29) is 16.8 Å². The Labute approximate surface area is 195 Å². The summed E-state index contributed by atoms with van der Waals surface area (Å²) in [7, 11) is -4.29. The van der Waals surface area contributed by atoms with Gasteiger partial charge in [-0.15, -0.1) is 0 Å². The van der Waals surface area contributed by atoms with Crippen molar-refractivity contribution < 1.29 is 22.3 Å². The number of ether oxygens (including phenoxy) is 1. The Bertz CT molecular complexity index is 1520. The number of fused-ring (bicyclic) bond motifs is 1. The normalized spacial score (nSPS) is 11.4. The van der Waals surface area contributed by atoms with Gasteiger partial charge in [-0.1, -0.05) is 18.2 Å². The third kappa shape index (κ3) is 4.69. The molecule has 0 unspecified atom stereocenters. The summed E-state index contributed by atoms with van der Waals surface area (Å²) in [5.74, 6) is -0.618. The highest BCUT2D eigenvalue weighted by Crippen LogP contribution is 2.24. The second-order valence-corrected chi connectivity index (χ2v) is 9.35. The molecule has 0 saturated heterocycles. The van der Waals surface area contributed by atoms with E-state index in [2.05, 4.69) is 5.32 Å². The summed E-state index contributed by atoms with van der Waals surface area (Å²) in [4.78, 5) is 25.3. The lowest BCUT2D eigenvalue weighted by atomic mass is 10.2. The Balaban J connectivity index is 1.85. The Kier molecular flexibility index (Phi) is 6.47. The number of hydrogen-bond donors (Lipinski definition) is 1. The van der Waals surface area contributed by atoms with E-state index < -0.39 is 31.9 Å². The molecular formula is C25H21FN2O5S. The van der Waals surface area contributed by atoms with Crippen LogP contribution in [0.4, 0.5) is 10.1 Å². The maximum Gasteiger partial charge on any atom is 0.244 e. The smallest absolute Gasteiger partial charge is 0.244 e. The predicted molar refractivity (Wildman–Crippen MR) is 126 cm³/mol. The van der Waals surface area contributed by atoms with Crippen LogP contribution in [0.5, 0.6) is 5.75 Å². The first-order valence-electron chi connectivity index (χ1n) is 10.4. The standard InChI is InChI=1S/C25H21FN2O5S/c1-2-33-19-10-13-22-21(14-19)25(30)23(34(31,32)20-11-8-17(26)9-12-20)15-28(22)16-24(29)27-18-6-4-3-5-7-18/h3-15H,2,16H2,1H3,(H,27,29). The number of para-hydroxylation sites is 1. The summed E-state index contributed by atoms with van der Waals surface area (Å²) >= 11 is 0.